The summed E-state index contributed by atoms with van der Waals surface area (Å²) in [5.41, 5.74) is 1.57. The van der Waals surface area contributed by atoms with Gasteiger partial charge in [0.15, 0.2) is 0 Å². The molecule has 0 radical (unpaired) electrons. The molecule has 0 aromatic rings. The quantitative estimate of drug-likeness (QED) is 0.241. The molecule has 1 nitrogen and oxygen atoms in total. The Morgan fingerprint density at radius 1 is 0.920 bits per heavy atom. The van der Waals surface area contributed by atoms with Crippen LogP contribution in [0.25, 0.3) is 0 Å². The number of hydrogen-bond acceptors (Lipinski definition) is 1. The monoisotopic (exact) mass is 341 g/mol. The van der Waals surface area contributed by atoms with Crippen molar-refractivity contribution in [2.75, 3.05) is 0 Å². The lowest BCUT2D eigenvalue weighted by Crippen LogP contribution is -2.22. The van der Waals surface area contributed by atoms with Crippen molar-refractivity contribution in [2.45, 2.75) is 96.8 Å². The first kappa shape index (κ1) is 20.3. The molecule has 2 aliphatic carbocycles. The lowest BCUT2D eigenvalue weighted by atomic mass is 9.70. The molecule has 2 fully saturated rings. The summed E-state index contributed by atoms with van der Waals surface area (Å²) in [6.45, 7) is 6.84. The zero-order chi connectivity index (χ0) is 17.9. The SMILES string of the molecule is C=C(C1CCC(C=CC#N)CC1)C1CCC(CCCCCCC)CC1. The maximum atomic E-state index is 8.67. The van der Waals surface area contributed by atoms with Crippen LogP contribution in [0.4, 0.5) is 0 Å². The van der Waals surface area contributed by atoms with E-state index < -0.39 is 0 Å². The van der Waals surface area contributed by atoms with E-state index in [-0.39, 0.29) is 0 Å². The number of unbranched alkanes of at least 4 members (excludes halogenated alkanes) is 4. The third-order valence-electron chi connectivity index (χ3n) is 6.83. The molecule has 140 valence electrons. The van der Waals surface area contributed by atoms with Gasteiger partial charge in [0.1, 0.15) is 0 Å². The highest BCUT2D eigenvalue weighted by atomic mass is 14.3. The summed E-state index contributed by atoms with van der Waals surface area (Å²) in [6.07, 6.45) is 23.1. The molecule has 1 heteroatoms. The lowest BCUT2D eigenvalue weighted by Gasteiger charge is -2.35. The average molecular weight is 342 g/mol. The van der Waals surface area contributed by atoms with Gasteiger partial charge in [-0.2, -0.15) is 5.26 Å². The Hall–Kier alpha value is -1.03. The first-order valence-electron chi connectivity index (χ1n) is 11.0. The second-order valence-electron chi connectivity index (χ2n) is 8.60. The highest BCUT2D eigenvalue weighted by molar-refractivity contribution is 5.10. The summed E-state index contributed by atoms with van der Waals surface area (Å²) in [7, 11) is 0. The normalized spacial score (nSPS) is 30.2. The van der Waals surface area contributed by atoms with Crippen LogP contribution in [-0.4, -0.2) is 0 Å². The molecular formula is C24H39N. The zero-order valence-corrected chi connectivity index (χ0v) is 16.5. The maximum absolute atomic E-state index is 8.67. The highest BCUT2D eigenvalue weighted by Gasteiger charge is 2.28. The molecule has 25 heavy (non-hydrogen) atoms. The van der Waals surface area contributed by atoms with Crippen molar-refractivity contribution in [1.82, 2.24) is 0 Å². The molecule has 0 spiro atoms. The van der Waals surface area contributed by atoms with Crippen LogP contribution in [0.1, 0.15) is 96.8 Å². The van der Waals surface area contributed by atoms with E-state index in [1.165, 1.54) is 89.9 Å². The molecule has 0 aliphatic heterocycles. The Kier molecular flexibility index (Phi) is 9.38. The van der Waals surface area contributed by atoms with E-state index in [0.29, 0.717) is 5.92 Å². The van der Waals surface area contributed by atoms with Gasteiger partial charge < -0.3 is 0 Å². The predicted octanol–water partition coefficient (Wildman–Crippen LogP) is 7.60. The van der Waals surface area contributed by atoms with Gasteiger partial charge in [0.2, 0.25) is 0 Å². The van der Waals surface area contributed by atoms with Crippen LogP contribution in [0.2, 0.25) is 0 Å². The molecule has 2 aliphatic rings. The summed E-state index contributed by atoms with van der Waals surface area (Å²) in [6, 6.07) is 2.13. The second-order valence-corrected chi connectivity index (χ2v) is 8.60. The van der Waals surface area contributed by atoms with Crippen LogP contribution < -0.4 is 0 Å². The van der Waals surface area contributed by atoms with Crippen molar-refractivity contribution in [3.8, 4) is 6.07 Å². The van der Waals surface area contributed by atoms with Crippen LogP contribution in [0, 0.1) is 35.0 Å². The van der Waals surface area contributed by atoms with Gasteiger partial charge in [-0.05, 0) is 75.0 Å². The van der Waals surface area contributed by atoms with Gasteiger partial charge in [-0.15, -0.1) is 0 Å². The molecule has 0 heterocycles. The molecule has 0 unspecified atom stereocenters. The van der Waals surface area contributed by atoms with E-state index in [4.69, 9.17) is 5.26 Å². The van der Waals surface area contributed by atoms with Crippen molar-refractivity contribution in [3.05, 3.63) is 24.3 Å². The van der Waals surface area contributed by atoms with Crippen molar-refractivity contribution < 1.29 is 0 Å². The third kappa shape index (κ3) is 7.01. The Morgan fingerprint density at radius 2 is 1.52 bits per heavy atom. The summed E-state index contributed by atoms with van der Waals surface area (Å²) < 4.78 is 0. The molecule has 2 rings (SSSR count). The molecule has 2 saturated carbocycles. The Labute approximate surface area is 156 Å². The van der Waals surface area contributed by atoms with E-state index in [2.05, 4.69) is 25.6 Å². The number of hydrogen-bond donors (Lipinski definition) is 0. The van der Waals surface area contributed by atoms with Crippen LogP contribution in [-0.2, 0) is 0 Å². The number of nitrogens with zero attached hydrogens (tertiary/aromatic N) is 1. The third-order valence-corrected chi connectivity index (χ3v) is 6.83. The minimum absolute atomic E-state index is 0.632. The largest absolute Gasteiger partial charge is 0.193 e. The van der Waals surface area contributed by atoms with Crippen molar-refractivity contribution in [1.29, 1.82) is 5.26 Å². The fraction of sp³-hybridized carbons (Fsp3) is 0.792. The van der Waals surface area contributed by atoms with E-state index in [1.807, 2.05) is 0 Å². The summed E-state index contributed by atoms with van der Waals surface area (Å²) in [4.78, 5) is 0. The minimum atomic E-state index is 0.632. The molecule has 0 aromatic heterocycles. The highest BCUT2D eigenvalue weighted by Crippen LogP contribution is 2.42. The predicted molar refractivity (Wildman–Crippen MR) is 108 cm³/mol. The Balaban J connectivity index is 1.63. The number of rotatable bonds is 9. The topological polar surface area (TPSA) is 23.8 Å². The van der Waals surface area contributed by atoms with E-state index in [9.17, 15) is 0 Å². The first-order chi connectivity index (χ1) is 12.2. The summed E-state index contributed by atoms with van der Waals surface area (Å²) in [5.74, 6) is 3.18. The maximum Gasteiger partial charge on any atom is 0.0908 e. The fourth-order valence-corrected chi connectivity index (χ4v) is 5.05. The van der Waals surface area contributed by atoms with Crippen LogP contribution in [0.3, 0.4) is 0 Å². The second kappa shape index (κ2) is 11.6. The summed E-state index contributed by atoms with van der Waals surface area (Å²) >= 11 is 0. The molecule has 0 atom stereocenters. The van der Waals surface area contributed by atoms with Crippen molar-refractivity contribution in [3.63, 3.8) is 0 Å². The average Bonchev–Trinajstić information content (AvgIpc) is 2.66. The minimum Gasteiger partial charge on any atom is -0.193 e. The first-order valence-corrected chi connectivity index (χ1v) is 11.0. The van der Waals surface area contributed by atoms with Crippen LogP contribution in [0.15, 0.2) is 24.3 Å². The number of nitriles is 1. The molecule has 0 aromatic carbocycles. The van der Waals surface area contributed by atoms with Gasteiger partial charge in [0.05, 0.1) is 6.07 Å². The van der Waals surface area contributed by atoms with E-state index >= 15 is 0 Å². The van der Waals surface area contributed by atoms with E-state index in [1.54, 1.807) is 11.6 Å². The van der Waals surface area contributed by atoms with Gasteiger partial charge in [0, 0.05) is 6.08 Å². The van der Waals surface area contributed by atoms with Crippen molar-refractivity contribution >= 4 is 0 Å². The van der Waals surface area contributed by atoms with Gasteiger partial charge in [0.25, 0.3) is 0 Å². The molecule has 0 saturated heterocycles. The number of allylic oxidation sites excluding steroid dienone is 3. The Morgan fingerprint density at radius 3 is 2.12 bits per heavy atom. The standard InChI is InChI=1S/C24H39N/c1-3-4-5-6-7-9-21-11-15-23(16-12-21)20(2)24-17-13-22(14-18-24)10-8-19-25/h8,10,21-24H,2-7,9,11-18H2,1H3. The van der Waals surface area contributed by atoms with Crippen LogP contribution in [0.5, 0.6) is 0 Å². The molecule has 0 N–H and O–H groups in total. The smallest absolute Gasteiger partial charge is 0.0908 e. The Bertz CT molecular complexity index is 439. The van der Waals surface area contributed by atoms with Gasteiger partial charge in [-0.1, -0.05) is 63.7 Å². The van der Waals surface area contributed by atoms with E-state index in [0.717, 1.165) is 17.8 Å². The van der Waals surface area contributed by atoms with Gasteiger partial charge >= 0.3 is 0 Å². The molecule has 0 amide bonds. The lowest BCUT2D eigenvalue weighted by molar-refractivity contribution is 0.252. The summed E-state index contributed by atoms with van der Waals surface area (Å²) in [5, 5.41) is 8.67. The van der Waals surface area contributed by atoms with Crippen molar-refractivity contribution in [2.24, 2.45) is 23.7 Å². The zero-order valence-electron chi connectivity index (χ0n) is 16.5. The molecular weight excluding hydrogens is 302 g/mol. The van der Waals surface area contributed by atoms with Gasteiger partial charge in [-0.25, -0.2) is 0 Å². The fourth-order valence-electron chi connectivity index (χ4n) is 5.05. The van der Waals surface area contributed by atoms with Gasteiger partial charge in [-0.3, -0.25) is 0 Å². The van der Waals surface area contributed by atoms with Crippen LogP contribution >= 0.6 is 0 Å². The molecule has 0 bridgehead atoms.